The largest absolute Gasteiger partial charge is 0.480 e. The molecule has 1 fully saturated rings. The van der Waals surface area contributed by atoms with E-state index in [1.807, 2.05) is 0 Å². The van der Waals surface area contributed by atoms with Gasteiger partial charge in [0.05, 0.1) is 12.2 Å². The molecule has 0 radical (unpaired) electrons. The number of aliphatic carboxylic acids is 1. The minimum Gasteiger partial charge on any atom is -0.480 e. The van der Waals surface area contributed by atoms with Crippen LogP contribution in [0.4, 0.5) is 0 Å². The third-order valence-corrected chi connectivity index (χ3v) is 3.43. The highest BCUT2D eigenvalue weighted by molar-refractivity contribution is 5.73. The van der Waals surface area contributed by atoms with E-state index in [0.717, 1.165) is 26.2 Å². The van der Waals surface area contributed by atoms with Crippen LogP contribution in [0, 0.1) is 0 Å². The van der Waals surface area contributed by atoms with Crippen molar-refractivity contribution in [1.82, 2.24) is 19.9 Å². The van der Waals surface area contributed by atoms with Gasteiger partial charge in [-0.25, -0.2) is 0 Å². The first-order chi connectivity index (χ1) is 9.15. The summed E-state index contributed by atoms with van der Waals surface area (Å²) in [7, 11) is 0. The zero-order valence-corrected chi connectivity index (χ0v) is 11.0. The number of nitrogens with two attached hydrogens (primary N) is 1. The number of carboxylic acids is 1. The van der Waals surface area contributed by atoms with Crippen molar-refractivity contribution in [2.24, 2.45) is 5.73 Å². The van der Waals surface area contributed by atoms with Gasteiger partial charge in [-0.3, -0.25) is 9.48 Å². The van der Waals surface area contributed by atoms with Crippen LogP contribution in [0.2, 0.25) is 0 Å². The number of carbonyl (C=O) groups is 1. The molecule has 19 heavy (non-hydrogen) atoms. The molecule has 7 heteroatoms. The third-order valence-electron chi connectivity index (χ3n) is 3.43. The standard InChI is InChI=1S/C12H21N5O2/c13-11(12(18)19)8-10-9-17(15-14-10)7-6-16-4-2-1-3-5-16/h9,11H,1-8,13H2,(H,18,19). The SMILES string of the molecule is NC(Cc1cn(CCN2CCCCC2)nn1)C(=O)O. The van der Waals surface area contributed by atoms with Crippen molar-refractivity contribution in [3.05, 3.63) is 11.9 Å². The molecule has 1 atom stereocenters. The van der Waals surface area contributed by atoms with Gasteiger partial charge in [0, 0.05) is 19.2 Å². The summed E-state index contributed by atoms with van der Waals surface area (Å²) in [6, 6.07) is -0.910. The van der Waals surface area contributed by atoms with Crippen molar-refractivity contribution in [1.29, 1.82) is 0 Å². The summed E-state index contributed by atoms with van der Waals surface area (Å²) in [5.74, 6) is -1.01. The maximum Gasteiger partial charge on any atom is 0.320 e. The predicted molar refractivity (Wildman–Crippen MR) is 69.6 cm³/mol. The summed E-state index contributed by atoms with van der Waals surface area (Å²) in [5.41, 5.74) is 6.10. The molecule has 3 N–H and O–H groups in total. The second-order valence-electron chi connectivity index (χ2n) is 5.02. The molecule has 1 aliphatic heterocycles. The molecule has 0 aliphatic carbocycles. The number of carboxylic acid groups (broad SMARTS) is 1. The average Bonchev–Trinajstić information content (AvgIpc) is 2.85. The van der Waals surface area contributed by atoms with Gasteiger partial charge in [-0.15, -0.1) is 5.10 Å². The number of hydrogen-bond donors (Lipinski definition) is 2. The van der Waals surface area contributed by atoms with Crippen LogP contribution in [0.5, 0.6) is 0 Å². The molecule has 1 aromatic rings. The molecule has 0 spiro atoms. The molecule has 2 heterocycles. The lowest BCUT2D eigenvalue weighted by Crippen LogP contribution is -2.32. The minimum atomic E-state index is -1.01. The van der Waals surface area contributed by atoms with Crippen LogP contribution in [0.15, 0.2) is 6.20 Å². The smallest absolute Gasteiger partial charge is 0.320 e. The van der Waals surface area contributed by atoms with Crippen LogP contribution in [0.25, 0.3) is 0 Å². The Balaban J connectivity index is 1.78. The van der Waals surface area contributed by atoms with Gasteiger partial charge in [-0.2, -0.15) is 0 Å². The maximum atomic E-state index is 10.7. The Hall–Kier alpha value is -1.47. The molecule has 0 aromatic carbocycles. The van der Waals surface area contributed by atoms with Crippen molar-refractivity contribution < 1.29 is 9.90 Å². The number of hydrogen-bond acceptors (Lipinski definition) is 5. The first kappa shape index (κ1) is 14.0. The molecule has 1 aliphatic rings. The molecule has 1 saturated heterocycles. The van der Waals surface area contributed by atoms with Crippen LogP contribution in [-0.2, 0) is 17.8 Å². The van der Waals surface area contributed by atoms with Crippen LogP contribution >= 0.6 is 0 Å². The fourth-order valence-electron chi connectivity index (χ4n) is 2.28. The van der Waals surface area contributed by atoms with Crippen molar-refractivity contribution in [3.63, 3.8) is 0 Å². The monoisotopic (exact) mass is 267 g/mol. The summed E-state index contributed by atoms with van der Waals surface area (Å²) < 4.78 is 1.76. The topological polar surface area (TPSA) is 97.3 Å². The van der Waals surface area contributed by atoms with E-state index >= 15 is 0 Å². The van der Waals surface area contributed by atoms with Crippen molar-refractivity contribution in [2.75, 3.05) is 19.6 Å². The highest BCUT2D eigenvalue weighted by Gasteiger charge is 2.15. The molecular formula is C12H21N5O2. The second-order valence-corrected chi connectivity index (χ2v) is 5.02. The molecule has 7 nitrogen and oxygen atoms in total. The van der Waals surface area contributed by atoms with E-state index in [4.69, 9.17) is 10.8 Å². The molecular weight excluding hydrogens is 246 g/mol. The first-order valence-electron chi connectivity index (χ1n) is 6.75. The first-order valence-corrected chi connectivity index (χ1v) is 6.75. The lowest BCUT2D eigenvalue weighted by molar-refractivity contribution is -0.138. The van der Waals surface area contributed by atoms with Gasteiger partial charge in [-0.1, -0.05) is 11.6 Å². The number of piperidine rings is 1. The average molecular weight is 267 g/mol. The second kappa shape index (κ2) is 6.63. The van der Waals surface area contributed by atoms with Crippen LogP contribution < -0.4 is 5.73 Å². The number of aromatic nitrogens is 3. The minimum absolute atomic E-state index is 0.221. The normalized spacial score (nSPS) is 18.4. The van der Waals surface area contributed by atoms with Gasteiger partial charge in [0.1, 0.15) is 6.04 Å². The molecule has 106 valence electrons. The summed E-state index contributed by atoms with van der Waals surface area (Å²) >= 11 is 0. The van der Waals surface area contributed by atoms with E-state index in [1.165, 1.54) is 19.3 Å². The van der Waals surface area contributed by atoms with Crippen LogP contribution in [0.1, 0.15) is 25.0 Å². The fourth-order valence-corrected chi connectivity index (χ4v) is 2.28. The molecule has 0 saturated carbocycles. The number of likely N-dealkylation sites (tertiary alicyclic amines) is 1. The van der Waals surface area contributed by atoms with Crippen LogP contribution in [-0.4, -0.2) is 56.6 Å². The van der Waals surface area contributed by atoms with Gasteiger partial charge < -0.3 is 15.7 Å². The van der Waals surface area contributed by atoms with E-state index in [9.17, 15) is 4.79 Å². The van der Waals surface area contributed by atoms with E-state index in [2.05, 4.69) is 15.2 Å². The fraction of sp³-hybridized carbons (Fsp3) is 0.750. The van der Waals surface area contributed by atoms with Crippen molar-refractivity contribution >= 4 is 5.97 Å². The number of nitrogens with zero attached hydrogens (tertiary/aromatic N) is 4. The summed E-state index contributed by atoms with van der Waals surface area (Å²) in [6.07, 6.45) is 5.88. The molecule has 1 aromatic heterocycles. The molecule has 1 unspecified atom stereocenters. The van der Waals surface area contributed by atoms with Gasteiger partial charge in [0.2, 0.25) is 0 Å². The Kier molecular flexibility index (Phi) is 4.86. The third kappa shape index (κ3) is 4.29. The summed E-state index contributed by atoms with van der Waals surface area (Å²) in [5, 5.41) is 16.7. The van der Waals surface area contributed by atoms with Gasteiger partial charge in [0.25, 0.3) is 0 Å². The van der Waals surface area contributed by atoms with Gasteiger partial charge in [0.15, 0.2) is 0 Å². The summed E-state index contributed by atoms with van der Waals surface area (Å²) in [4.78, 5) is 13.1. The predicted octanol–water partition coefficient (Wildman–Crippen LogP) is -0.282. The Labute approximate surface area is 112 Å². The maximum absolute atomic E-state index is 10.7. The van der Waals surface area contributed by atoms with E-state index < -0.39 is 12.0 Å². The van der Waals surface area contributed by atoms with E-state index in [0.29, 0.717) is 5.69 Å². The number of rotatable bonds is 6. The van der Waals surface area contributed by atoms with E-state index in [-0.39, 0.29) is 6.42 Å². The summed E-state index contributed by atoms with van der Waals surface area (Å²) in [6.45, 7) is 4.07. The Morgan fingerprint density at radius 1 is 1.37 bits per heavy atom. The van der Waals surface area contributed by atoms with Crippen LogP contribution in [0.3, 0.4) is 0 Å². The van der Waals surface area contributed by atoms with Gasteiger partial charge in [-0.05, 0) is 25.9 Å². The quantitative estimate of drug-likeness (QED) is 0.735. The zero-order chi connectivity index (χ0) is 13.7. The molecule has 2 rings (SSSR count). The van der Waals surface area contributed by atoms with Gasteiger partial charge >= 0.3 is 5.97 Å². The highest BCUT2D eigenvalue weighted by atomic mass is 16.4. The lowest BCUT2D eigenvalue weighted by atomic mass is 10.1. The molecule has 0 amide bonds. The Bertz CT molecular complexity index is 414. The molecule has 0 bridgehead atoms. The van der Waals surface area contributed by atoms with Crippen molar-refractivity contribution in [2.45, 2.75) is 38.3 Å². The Morgan fingerprint density at radius 3 is 2.79 bits per heavy atom. The Morgan fingerprint density at radius 2 is 2.11 bits per heavy atom. The lowest BCUT2D eigenvalue weighted by Gasteiger charge is -2.25. The zero-order valence-electron chi connectivity index (χ0n) is 11.0. The van der Waals surface area contributed by atoms with E-state index in [1.54, 1.807) is 10.9 Å². The van der Waals surface area contributed by atoms with Crippen molar-refractivity contribution in [3.8, 4) is 0 Å². The highest BCUT2D eigenvalue weighted by Crippen LogP contribution is 2.08.